The Bertz CT molecular complexity index is 545. The van der Waals surface area contributed by atoms with Crippen molar-refractivity contribution in [3.63, 3.8) is 0 Å². The molecule has 0 saturated heterocycles. The molecule has 1 aliphatic carbocycles. The van der Waals surface area contributed by atoms with Gasteiger partial charge in [-0.05, 0) is 37.1 Å². The monoisotopic (exact) mass is 269 g/mol. The van der Waals surface area contributed by atoms with Crippen molar-refractivity contribution in [2.45, 2.75) is 29.4 Å². The number of rotatable bonds is 2. The molecule has 1 aliphatic rings. The third-order valence-corrected chi connectivity index (χ3v) is 5.70. The smallest absolute Gasteiger partial charge is 0.182 e. The van der Waals surface area contributed by atoms with Gasteiger partial charge in [-0.1, -0.05) is 18.0 Å². The summed E-state index contributed by atoms with van der Waals surface area (Å²) in [6, 6.07) is 8.23. The number of hydrogen-bond acceptors (Lipinski definition) is 3. The first-order valence-electron chi connectivity index (χ1n) is 5.45. The maximum absolute atomic E-state index is 12.3. The molecule has 0 bridgehead atoms. The predicted octanol–water partition coefficient (Wildman–Crippen LogP) is 2.81. The van der Waals surface area contributed by atoms with Crippen molar-refractivity contribution in [3.8, 4) is 6.07 Å². The second kappa shape index (κ2) is 4.67. The number of nitrogens with zero attached hydrogens (tertiary/aromatic N) is 1. The van der Waals surface area contributed by atoms with Gasteiger partial charge in [0.05, 0.1) is 22.1 Å². The summed E-state index contributed by atoms with van der Waals surface area (Å²) in [6.07, 6.45) is 2.05. The van der Waals surface area contributed by atoms with Crippen LogP contribution in [-0.4, -0.2) is 13.7 Å². The van der Waals surface area contributed by atoms with Gasteiger partial charge >= 0.3 is 0 Å². The van der Waals surface area contributed by atoms with Gasteiger partial charge in [-0.3, -0.25) is 0 Å². The van der Waals surface area contributed by atoms with Gasteiger partial charge in [0.2, 0.25) is 0 Å². The van der Waals surface area contributed by atoms with Gasteiger partial charge in [0.1, 0.15) is 0 Å². The van der Waals surface area contributed by atoms with Crippen LogP contribution in [0.1, 0.15) is 19.3 Å². The number of sulfone groups is 1. The van der Waals surface area contributed by atoms with Crippen molar-refractivity contribution >= 4 is 21.4 Å². The van der Waals surface area contributed by atoms with Crippen LogP contribution < -0.4 is 0 Å². The maximum atomic E-state index is 12.3. The van der Waals surface area contributed by atoms with E-state index < -0.39 is 15.1 Å². The van der Waals surface area contributed by atoms with E-state index in [1.54, 1.807) is 12.1 Å². The summed E-state index contributed by atoms with van der Waals surface area (Å²) in [5, 5.41) is 8.90. The van der Waals surface area contributed by atoms with E-state index in [2.05, 4.69) is 6.07 Å². The van der Waals surface area contributed by atoms with Crippen LogP contribution >= 0.6 is 11.6 Å². The van der Waals surface area contributed by atoms with Crippen LogP contribution in [0.3, 0.4) is 0 Å². The summed E-state index contributed by atoms with van der Waals surface area (Å²) in [5.74, 6) is -0.379. The van der Waals surface area contributed by atoms with Crippen LogP contribution in [0.25, 0.3) is 0 Å². The lowest BCUT2D eigenvalue weighted by atomic mass is 10.1. The van der Waals surface area contributed by atoms with Crippen molar-refractivity contribution in [3.05, 3.63) is 29.3 Å². The summed E-state index contributed by atoms with van der Waals surface area (Å²) in [7, 11) is -3.40. The Morgan fingerprint density at radius 2 is 1.88 bits per heavy atom. The van der Waals surface area contributed by atoms with E-state index in [1.165, 1.54) is 12.1 Å². The summed E-state index contributed by atoms with van der Waals surface area (Å²) < 4.78 is 24.6. The topological polar surface area (TPSA) is 57.9 Å². The molecule has 1 saturated carbocycles. The Kier molecular flexibility index (Phi) is 3.41. The summed E-state index contributed by atoms with van der Waals surface area (Å²) in [5.41, 5.74) is 0. The molecule has 17 heavy (non-hydrogen) atoms. The molecular formula is C12H12ClNO2S. The second-order valence-corrected chi connectivity index (χ2v) is 6.81. The largest absolute Gasteiger partial charge is 0.223 e. The number of hydrogen-bond donors (Lipinski definition) is 0. The highest BCUT2D eigenvalue weighted by Crippen LogP contribution is 2.34. The minimum atomic E-state index is -3.40. The first-order valence-corrected chi connectivity index (χ1v) is 7.37. The Labute approximate surface area is 106 Å². The van der Waals surface area contributed by atoms with Gasteiger partial charge in [-0.25, -0.2) is 8.42 Å². The standard InChI is InChI=1S/C12H12ClNO2S/c13-10-4-6-11(7-5-10)17(15,16)12-3-1-2-9(12)8-14/h4-7,9,12H,1-3H2. The number of benzene rings is 1. The summed E-state index contributed by atoms with van der Waals surface area (Å²) in [6.45, 7) is 0. The minimum absolute atomic E-state index is 0.258. The fourth-order valence-corrected chi connectivity index (χ4v) is 4.34. The zero-order valence-electron chi connectivity index (χ0n) is 9.14. The fraction of sp³-hybridized carbons (Fsp3) is 0.417. The molecule has 0 amide bonds. The third-order valence-electron chi connectivity index (χ3n) is 3.16. The van der Waals surface area contributed by atoms with Crippen molar-refractivity contribution in [2.75, 3.05) is 0 Å². The van der Waals surface area contributed by atoms with Gasteiger partial charge in [0.15, 0.2) is 9.84 Å². The van der Waals surface area contributed by atoms with Crippen LogP contribution in [-0.2, 0) is 9.84 Å². The van der Waals surface area contributed by atoms with E-state index >= 15 is 0 Å². The van der Waals surface area contributed by atoms with E-state index in [-0.39, 0.29) is 10.8 Å². The van der Waals surface area contributed by atoms with Crippen molar-refractivity contribution in [1.29, 1.82) is 5.26 Å². The van der Waals surface area contributed by atoms with Crippen LogP contribution in [0.4, 0.5) is 0 Å². The van der Waals surface area contributed by atoms with Gasteiger partial charge in [-0.2, -0.15) is 5.26 Å². The van der Waals surface area contributed by atoms with E-state index in [0.29, 0.717) is 17.9 Å². The second-order valence-electron chi connectivity index (χ2n) is 4.20. The molecule has 5 heteroatoms. The molecule has 2 atom stereocenters. The van der Waals surface area contributed by atoms with Crippen molar-refractivity contribution in [2.24, 2.45) is 5.92 Å². The Morgan fingerprint density at radius 1 is 1.24 bits per heavy atom. The van der Waals surface area contributed by atoms with E-state index in [0.717, 1.165) is 6.42 Å². The molecule has 2 unspecified atom stereocenters. The molecular weight excluding hydrogens is 258 g/mol. The van der Waals surface area contributed by atoms with Crippen LogP contribution in [0.2, 0.25) is 5.02 Å². The van der Waals surface area contributed by atoms with Gasteiger partial charge in [-0.15, -0.1) is 0 Å². The molecule has 0 N–H and O–H groups in total. The van der Waals surface area contributed by atoms with Crippen LogP contribution in [0, 0.1) is 17.2 Å². The highest BCUT2D eigenvalue weighted by atomic mass is 35.5. The first kappa shape index (κ1) is 12.4. The lowest BCUT2D eigenvalue weighted by molar-refractivity contribution is 0.565. The Hall–Kier alpha value is -1.05. The fourth-order valence-electron chi connectivity index (χ4n) is 2.24. The molecule has 0 radical (unpaired) electrons. The van der Waals surface area contributed by atoms with Gasteiger partial charge in [0, 0.05) is 5.02 Å². The first-order chi connectivity index (χ1) is 8.05. The number of halogens is 1. The normalized spacial score (nSPS) is 24.5. The van der Waals surface area contributed by atoms with Crippen molar-refractivity contribution in [1.82, 2.24) is 0 Å². The minimum Gasteiger partial charge on any atom is -0.223 e. The quantitative estimate of drug-likeness (QED) is 0.829. The van der Waals surface area contributed by atoms with Gasteiger partial charge in [0.25, 0.3) is 0 Å². The number of nitriles is 1. The molecule has 0 spiro atoms. The highest BCUT2D eigenvalue weighted by molar-refractivity contribution is 7.92. The van der Waals surface area contributed by atoms with Crippen LogP contribution in [0.15, 0.2) is 29.2 Å². The van der Waals surface area contributed by atoms with Crippen LogP contribution in [0.5, 0.6) is 0 Å². The zero-order valence-corrected chi connectivity index (χ0v) is 10.7. The third kappa shape index (κ3) is 2.31. The summed E-state index contributed by atoms with van der Waals surface area (Å²) >= 11 is 5.73. The Balaban J connectivity index is 2.37. The van der Waals surface area contributed by atoms with E-state index in [9.17, 15) is 8.42 Å². The average Bonchev–Trinajstić information content (AvgIpc) is 2.78. The van der Waals surface area contributed by atoms with Crippen molar-refractivity contribution < 1.29 is 8.42 Å². The SMILES string of the molecule is N#CC1CCCC1S(=O)(=O)c1ccc(Cl)cc1. The van der Waals surface area contributed by atoms with Gasteiger partial charge < -0.3 is 0 Å². The van der Waals surface area contributed by atoms with E-state index in [1.807, 2.05) is 0 Å². The Morgan fingerprint density at radius 3 is 2.47 bits per heavy atom. The zero-order chi connectivity index (χ0) is 12.5. The lowest BCUT2D eigenvalue weighted by Crippen LogP contribution is -2.24. The molecule has 90 valence electrons. The maximum Gasteiger partial charge on any atom is 0.182 e. The molecule has 0 aliphatic heterocycles. The molecule has 3 nitrogen and oxygen atoms in total. The average molecular weight is 270 g/mol. The highest BCUT2D eigenvalue weighted by Gasteiger charge is 2.38. The summed E-state index contributed by atoms with van der Waals surface area (Å²) in [4.78, 5) is 0.258. The van der Waals surface area contributed by atoms with E-state index in [4.69, 9.17) is 16.9 Å². The molecule has 1 aromatic rings. The molecule has 0 heterocycles. The molecule has 2 rings (SSSR count). The lowest BCUT2D eigenvalue weighted by Gasteiger charge is -2.14. The predicted molar refractivity (Wildman–Crippen MR) is 65.4 cm³/mol. The molecule has 0 aromatic heterocycles. The molecule has 1 aromatic carbocycles. The molecule has 1 fully saturated rings.